The van der Waals surface area contributed by atoms with Crippen LogP contribution in [0.2, 0.25) is 0 Å². The summed E-state index contributed by atoms with van der Waals surface area (Å²) < 4.78 is 12.0. The molecule has 1 saturated heterocycles. The number of methoxy groups -OCH3 is 2. The van der Waals surface area contributed by atoms with E-state index in [9.17, 15) is 9.59 Å². The zero-order chi connectivity index (χ0) is 20.1. The summed E-state index contributed by atoms with van der Waals surface area (Å²) in [5.74, 6) is 1.11. The summed E-state index contributed by atoms with van der Waals surface area (Å²) in [6.07, 6.45) is 3.37. The number of amides is 1. The maximum absolute atomic E-state index is 12.7. The molecule has 8 heteroatoms. The van der Waals surface area contributed by atoms with Crippen LogP contribution in [0.5, 0.6) is 11.5 Å². The largest absolute Gasteiger partial charge is 0.493 e. The number of nitrogens with zero attached hydrogens (tertiary/aromatic N) is 3. The van der Waals surface area contributed by atoms with E-state index in [0.29, 0.717) is 24.6 Å². The van der Waals surface area contributed by atoms with Crippen LogP contribution in [0, 0.1) is 5.92 Å². The van der Waals surface area contributed by atoms with Crippen molar-refractivity contribution in [2.24, 2.45) is 13.0 Å². The van der Waals surface area contributed by atoms with Crippen molar-refractivity contribution in [3.8, 4) is 11.5 Å². The first-order valence-electron chi connectivity index (χ1n) is 9.29. The second-order valence-electron chi connectivity index (χ2n) is 6.83. The molecular formula is C20H26N4O4. The molecule has 0 spiro atoms. The minimum atomic E-state index is -0.158. The van der Waals surface area contributed by atoms with Gasteiger partial charge < -0.3 is 19.7 Å². The Hall–Kier alpha value is -3.03. The number of anilines is 1. The van der Waals surface area contributed by atoms with Gasteiger partial charge in [-0.05, 0) is 18.9 Å². The van der Waals surface area contributed by atoms with Crippen molar-refractivity contribution in [1.29, 1.82) is 0 Å². The highest BCUT2D eigenvalue weighted by Gasteiger charge is 2.26. The van der Waals surface area contributed by atoms with Gasteiger partial charge in [0.1, 0.15) is 0 Å². The maximum Gasteiger partial charge on any atom is 0.268 e. The molecule has 3 rings (SSSR count). The summed E-state index contributed by atoms with van der Waals surface area (Å²) in [6, 6.07) is 7.16. The molecule has 28 heavy (non-hydrogen) atoms. The molecule has 1 aromatic heterocycles. The molecule has 1 amide bonds. The number of hydrogen-bond acceptors (Lipinski definition) is 6. The van der Waals surface area contributed by atoms with E-state index < -0.39 is 0 Å². The molecule has 2 heterocycles. The van der Waals surface area contributed by atoms with E-state index in [1.54, 1.807) is 33.5 Å². The van der Waals surface area contributed by atoms with Crippen LogP contribution in [0.15, 0.2) is 35.3 Å². The smallest absolute Gasteiger partial charge is 0.268 e. The summed E-state index contributed by atoms with van der Waals surface area (Å²) >= 11 is 0. The van der Waals surface area contributed by atoms with Crippen LogP contribution >= 0.6 is 0 Å². The molecule has 1 aliphatic heterocycles. The number of piperidine rings is 1. The Kier molecular flexibility index (Phi) is 6.18. The van der Waals surface area contributed by atoms with Gasteiger partial charge in [-0.1, -0.05) is 12.1 Å². The van der Waals surface area contributed by atoms with Gasteiger partial charge in [0.25, 0.3) is 5.56 Å². The number of ether oxygens (including phenoxy) is 2. The number of carbonyl (C=O) groups excluding carboxylic acids is 1. The van der Waals surface area contributed by atoms with Gasteiger partial charge in [0.15, 0.2) is 11.5 Å². The highest BCUT2D eigenvalue weighted by atomic mass is 16.5. The Morgan fingerprint density at radius 3 is 2.86 bits per heavy atom. The van der Waals surface area contributed by atoms with Crippen molar-refractivity contribution in [2.75, 3.05) is 32.2 Å². The van der Waals surface area contributed by atoms with Crippen LogP contribution < -0.4 is 25.2 Å². The molecule has 1 atom stereocenters. The van der Waals surface area contributed by atoms with Crippen molar-refractivity contribution in [2.45, 2.75) is 19.4 Å². The van der Waals surface area contributed by atoms with Crippen LogP contribution in [0.25, 0.3) is 0 Å². The molecular weight excluding hydrogens is 360 g/mol. The first-order valence-corrected chi connectivity index (χ1v) is 9.29. The lowest BCUT2D eigenvalue weighted by molar-refractivity contribution is -0.125. The Morgan fingerprint density at radius 1 is 1.32 bits per heavy atom. The van der Waals surface area contributed by atoms with Gasteiger partial charge >= 0.3 is 0 Å². The second-order valence-corrected chi connectivity index (χ2v) is 6.83. The number of para-hydroxylation sites is 1. The van der Waals surface area contributed by atoms with Crippen LogP contribution in [0.3, 0.4) is 0 Å². The Labute approximate surface area is 164 Å². The first-order chi connectivity index (χ1) is 13.5. The van der Waals surface area contributed by atoms with Crippen molar-refractivity contribution in [3.63, 3.8) is 0 Å². The van der Waals surface area contributed by atoms with Crippen molar-refractivity contribution in [1.82, 2.24) is 15.1 Å². The number of aromatic nitrogens is 2. The summed E-state index contributed by atoms with van der Waals surface area (Å²) in [5, 5.41) is 7.08. The summed E-state index contributed by atoms with van der Waals surface area (Å²) in [6.45, 7) is 1.74. The number of rotatable bonds is 6. The van der Waals surface area contributed by atoms with Crippen LogP contribution in [-0.2, 0) is 18.4 Å². The molecule has 1 fully saturated rings. The van der Waals surface area contributed by atoms with E-state index >= 15 is 0 Å². The summed E-state index contributed by atoms with van der Waals surface area (Å²) in [4.78, 5) is 26.6. The molecule has 0 aliphatic carbocycles. The van der Waals surface area contributed by atoms with Gasteiger partial charge in [-0.15, -0.1) is 0 Å². The zero-order valence-corrected chi connectivity index (χ0v) is 16.5. The highest BCUT2D eigenvalue weighted by Crippen LogP contribution is 2.30. The van der Waals surface area contributed by atoms with E-state index in [0.717, 1.165) is 30.6 Å². The van der Waals surface area contributed by atoms with Gasteiger partial charge in [0.2, 0.25) is 5.91 Å². The predicted molar refractivity (Wildman–Crippen MR) is 106 cm³/mol. The van der Waals surface area contributed by atoms with Crippen molar-refractivity contribution >= 4 is 11.6 Å². The van der Waals surface area contributed by atoms with Gasteiger partial charge in [-0.2, -0.15) is 5.10 Å². The van der Waals surface area contributed by atoms with Crippen LogP contribution in [-0.4, -0.2) is 43.0 Å². The normalized spacial score (nSPS) is 16.5. The third-order valence-electron chi connectivity index (χ3n) is 5.05. The quantitative estimate of drug-likeness (QED) is 0.806. The molecule has 0 saturated carbocycles. The first kappa shape index (κ1) is 19.7. The van der Waals surface area contributed by atoms with Crippen LogP contribution in [0.4, 0.5) is 5.69 Å². The molecule has 1 aliphatic rings. The Bertz CT molecular complexity index is 896. The highest BCUT2D eigenvalue weighted by molar-refractivity contribution is 5.79. The lowest BCUT2D eigenvalue weighted by Crippen LogP contribution is -2.43. The third-order valence-corrected chi connectivity index (χ3v) is 5.05. The topological polar surface area (TPSA) is 85.7 Å². The zero-order valence-electron chi connectivity index (χ0n) is 16.5. The number of hydrogen-bond donors (Lipinski definition) is 1. The molecule has 0 bridgehead atoms. The van der Waals surface area contributed by atoms with E-state index in [-0.39, 0.29) is 17.4 Å². The van der Waals surface area contributed by atoms with Gasteiger partial charge in [-0.3, -0.25) is 9.59 Å². The lowest BCUT2D eigenvalue weighted by Gasteiger charge is -2.33. The number of aryl methyl sites for hydroxylation is 1. The number of nitrogens with one attached hydrogen (secondary N) is 1. The van der Waals surface area contributed by atoms with E-state index in [4.69, 9.17) is 9.47 Å². The SMILES string of the molecule is COc1cccc(CNC(=O)[C@H]2CCCN(c3cnn(C)c(=O)c3)C2)c1OC. The molecule has 150 valence electrons. The average molecular weight is 386 g/mol. The second kappa shape index (κ2) is 8.77. The average Bonchev–Trinajstić information content (AvgIpc) is 2.73. The minimum Gasteiger partial charge on any atom is -0.493 e. The molecule has 8 nitrogen and oxygen atoms in total. The predicted octanol–water partition coefficient (Wildman–Crippen LogP) is 1.33. The summed E-state index contributed by atoms with van der Waals surface area (Å²) in [7, 11) is 4.79. The third kappa shape index (κ3) is 4.27. The molecule has 2 aromatic rings. The van der Waals surface area contributed by atoms with Crippen molar-refractivity contribution < 1.29 is 14.3 Å². The fourth-order valence-electron chi connectivity index (χ4n) is 3.48. The maximum atomic E-state index is 12.7. The fourth-order valence-corrected chi connectivity index (χ4v) is 3.48. The van der Waals surface area contributed by atoms with Crippen LogP contribution in [0.1, 0.15) is 18.4 Å². The van der Waals surface area contributed by atoms with Gasteiger partial charge in [0.05, 0.1) is 32.0 Å². The Morgan fingerprint density at radius 2 is 2.14 bits per heavy atom. The van der Waals surface area contributed by atoms with Crippen molar-refractivity contribution in [3.05, 3.63) is 46.4 Å². The molecule has 1 aromatic carbocycles. The van der Waals surface area contributed by atoms with Gasteiger partial charge in [-0.25, -0.2) is 4.68 Å². The monoisotopic (exact) mass is 386 g/mol. The van der Waals surface area contributed by atoms with E-state index in [1.807, 2.05) is 23.1 Å². The lowest BCUT2D eigenvalue weighted by atomic mass is 9.96. The minimum absolute atomic E-state index is 0.00799. The van der Waals surface area contributed by atoms with Gasteiger partial charge in [0, 0.05) is 38.3 Å². The summed E-state index contributed by atoms with van der Waals surface area (Å²) in [5.41, 5.74) is 1.46. The molecule has 1 N–H and O–H groups in total. The number of benzene rings is 1. The molecule has 0 unspecified atom stereocenters. The Balaban J connectivity index is 1.65. The molecule has 0 radical (unpaired) electrons. The number of carbonyl (C=O) groups is 1. The fraction of sp³-hybridized carbons (Fsp3) is 0.450. The standard InChI is InChI=1S/C20H26N4O4/c1-23-18(25)10-16(12-22-23)24-9-5-7-15(13-24)20(26)21-11-14-6-4-8-17(27-2)19(14)28-3/h4,6,8,10,12,15H,5,7,9,11,13H2,1-3H3,(H,21,26)/t15-/m0/s1. The van der Waals surface area contributed by atoms with E-state index in [1.165, 1.54) is 4.68 Å². The van der Waals surface area contributed by atoms with E-state index in [2.05, 4.69) is 10.4 Å².